The SMILES string of the molecule is COC(C)(C)CC(=O)N[C@H](CO)Cc1ccccc1. The van der Waals surface area contributed by atoms with Crippen LogP contribution in [0.2, 0.25) is 0 Å². The van der Waals surface area contributed by atoms with Gasteiger partial charge in [-0.2, -0.15) is 0 Å². The molecule has 2 N–H and O–H groups in total. The van der Waals surface area contributed by atoms with E-state index in [2.05, 4.69) is 5.32 Å². The topological polar surface area (TPSA) is 58.6 Å². The van der Waals surface area contributed by atoms with E-state index in [-0.39, 0.29) is 25.0 Å². The predicted molar refractivity (Wildman–Crippen MR) is 74.9 cm³/mol. The summed E-state index contributed by atoms with van der Waals surface area (Å²) >= 11 is 0. The molecule has 1 rings (SSSR count). The Balaban J connectivity index is 2.51. The van der Waals surface area contributed by atoms with E-state index in [1.54, 1.807) is 7.11 Å². The molecule has 0 saturated carbocycles. The zero-order valence-corrected chi connectivity index (χ0v) is 11.8. The van der Waals surface area contributed by atoms with Crippen LogP contribution in [0.5, 0.6) is 0 Å². The number of ether oxygens (including phenoxy) is 1. The minimum absolute atomic E-state index is 0.0754. The summed E-state index contributed by atoms with van der Waals surface area (Å²) in [5.41, 5.74) is 0.601. The molecule has 0 fully saturated rings. The Morgan fingerprint density at radius 1 is 1.37 bits per heavy atom. The lowest BCUT2D eigenvalue weighted by Crippen LogP contribution is -2.42. The Labute approximate surface area is 114 Å². The van der Waals surface area contributed by atoms with Gasteiger partial charge >= 0.3 is 0 Å². The number of amides is 1. The molecule has 4 heteroatoms. The summed E-state index contributed by atoms with van der Waals surface area (Å²) in [5, 5.41) is 12.2. The van der Waals surface area contributed by atoms with Crippen LogP contribution in [0.3, 0.4) is 0 Å². The van der Waals surface area contributed by atoms with Crippen LogP contribution in [0.1, 0.15) is 25.8 Å². The van der Waals surface area contributed by atoms with Crippen LogP contribution in [-0.4, -0.2) is 36.4 Å². The van der Waals surface area contributed by atoms with Crippen molar-refractivity contribution in [2.45, 2.75) is 38.3 Å². The first-order valence-corrected chi connectivity index (χ1v) is 6.46. The van der Waals surface area contributed by atoms with Gasteiger partial charge in [0.05, 0.1) is 24.7 Å². The third-order valence-electron chi connectivity index (χ3n) is 3.05. The normalized spacial score (nSPS) is 13.1. The van der Waals surface area contributed by atoms with Gasteiger partial charge in [-0.3, -0.25) is 4.79 Å². The minimum atomic E-state index is -0.489. The van der Waals surface area contributed by atoms with E-state index < -0.39 is 5.60 Å². The fraction of sp³-hybridized carbons (Fsp3) is 0.533. The molecule has 0 heterocycles. The van der Waals surface area contributed by atoms with Gasteiger partial charge < -0.3 is 15.2 Å². The number of carbonyl (C=O) groups excluding carboxylic acids is 1. The third kappa shape index (κ3) is 5.85. The standard InChI is InChI=1S/C15H23NO3/c1-15(2,19-3)10-14(18)16-13(11-17)9-12-7-5-4-6-8-12/h4-8,13,17H,9-11H2,1-3H3,(H,16,18)/t13-/m0/s1. The number of hydrogen-bond donors (Lipinski definition) is 2. The Hall–Kier alpha value is -1.39. The number of benzene rings is 1. The van der Waals surface area contributed by atoms with Gasteiger partial charge in [0.25, 0.3) is 0 Å². The molecule has 106 valence electrons. The molecule has 1 aromatic carbocycles. The van der Waals surface area contributed by atoms with E-state index in [1.807, 2.05) is 44.2 Å². The summed E-state index contributed by atoms with van der Waals surface area (Å²) in [6, 6.07) is 9.53. The molecule has 1 aromatic rings. The van der Waals surface area contributed by atoms with Crippen molar-refractivity contribution in [2.75, 3.05) is 13.7 Å². The fourth-order valence-corrected chi connectivity index (χ4v) is 1.80. The van der Waals surface area contributed by atoms with Crippen LogP contribution in [0, 0.1) is 0 Å². The second-order valence-corrected chi connectivity index (χ2v) is 5.28. The van der Waals surface area contributed by atoms with Crippen LogP contribution in [0.15, 0.2) is 30.3 Å². The maximum absolute atomic E-state index is 11.9. The van der Waals surface area contributed by atoms with E-state index in [1.165, 1.54) is 0 Å². The highest BCUT2D eigenvalue weighted by atomic mass is 16.5. The highest BCUT2D eigenvalue weighted by Crippen LogP contribution is 2.13. The molecule has 1 atom stereocenters. The van der Waals surface area contributed by atoms with Gasteiger partial charge in [-0.25, -0.2) is 0 Å². The maximum atomic E-state index is 11.9. The summed E-state index contributed by atoms with van der Waals surface area (Å²) in [6.45, 7) is 3.64. The van der Waals surface area contributed by atoms with Crippen LogP contribution in [0.4, 0.5) is 0 Å². The lowest BCUT2D eigenvalue weighted by molar-refractivity contribution is -0.127. The van der Waals surface area contributed by atoms with Gasteiger partial charge in [0, 0.05) is 7.11 Å². The molecule has 0 bridgehead atoms. The number of carbonyl (C=O) groups is 1. The Morgan fingerprint density at radius 3 is 2.53 bits per heavy atom. The lowest BCUT2D eigenvalue weighted by Gasteiger charge is -2.24. The number of aliphatic hydroxyl groups excluding tert-OH is 1. The van der Waals surface area contributed by atoms with Crippen molar-refractivity contribution in [3.63, 3.8) is 0 Å². The molecule has 4 nitrogen and oxygen atoms in total. The highest BCUT2D eigenvalue weighted by molar-refractivity contribution is 5.77. The number of methoxy groups -OCH3 is 1. The van der Waals surface area contributed by atoms with E-state index in [0.717, 1.165) is 5.56 Å². The average Bonchev–Trinajstić information content (AvgIpc) is 2.38. The molecule has 0 radical (unpaired) electrons. The number of aliphatic hydroxyl groups is 1. The molecule has 0 spiro atoms. The van der Waals surface area contributed by atoms with Gasteiger partial charge in [0.15, 0.2) is 0 Å². The van der Waals surface area contributed by atoms with Crippen molar-refractivity contribution in [3.8, 4) is 0 Å². The lowest BCUT2D eigenvalue weighted by atomic mass is 10.0. The quantitative estimate of drug-likeness (QED) is 0.786. The molecule has 0 aliphatic heterocycles. The van der Waals surface area contributed by atoms with Crippen molar-refractivity contribution in [2.24, 2.45) is 0 Å². The zero-order chi connectivity index (χ0) is 14.3. The summed E-state index contributed by atoms with van der Waals surface area (Å²) in [7, 11) is 1.58. The monoisotopic (exact) mass is 265 g/mol. The molecular formula is C15H23NO3. The molecule has 0 unspecified atom stereocenters. The Kier molecular flexibility index (Phi) is 5.99. The van der Waals surface area contributed by atoms with Gasteiger partial charge in [-0.15, -0.1) is 0 Å². The first-order chi connectivity index (χ1) is 8.96. The van der Waals surface area contributed by atoms with Gasteiger partial charge in [-0.05, 0) is 25.8 Å². The largest absolute Gasteiger partial charge is 0.394 e. The second kappa shape index (κ2) is 7.26. The van der Waals surface area contributed by atoms with Gasteiger partial charge in [0.2, 0.25) is 5.91 Å². The second-order valence-electron chi connectivity index (χ2n) is 5.28. The number of nitrogens with one attached hydrogen (secondary N) is 1. The van der Waals surface area contributed by atoms with Crippen molar-refractivity contribution >= 4 is 5.91 Å². The highest BCUT2D eigenvalue weighted by Gasteiger charge is 2.22. The van der Waals surface area contributed by atoms with Crippen LogP contribution >= 0.6 is 0 Å². The van der Waals surface area contributed by atoms with E-state index in [9.17, 15) is 9.90 Å². The molecule has 1 amide bonds. The summed E-state index contributed by atoms with van der Waals surface area (Å²) in [4.78, 5) is 11.9. The maximum Gasteiger partial charge on any atom is 0.223 e. The summed E-state index contributed by atoms with van der Waals surface area (Å²) in [5.74, 6) is -0.109. The van der Waals surface area contributed by atoms with Crippen LogP contribution in [0.25, 0.3) is 0 Å². The molecule has 19 heavy (non-hydrogen) atoms. The number of rotatable bonds is 7. The molecule has 0 aliphatic carbocycles. The molecular weight excluding hydrogens is 242 g/mol. The van der Waals surface area contributed by atoms with Gasteiger partial charge in [-0.1, -0.05) is 30.3 Å². The molecule has 0 saturated heterocycles. The molecule has 0 aliphatic rings. The van der Waals surface area contributed by atoms with E-state index >= 15 is 0 Å². The van der Waals surface area contributed by atoms with E-state index in [4.69, 9.17) is 4.74 Å². The minimum Gasteiger partial charge on any atom is -0.394 e. The van der Waals surface area contributed by atoms with Crippen molar-refractivity contribution in [3.05, 3.63) is 35.9 Å². The van der Waals surface area contributed by atoms with Crippen LogP contribution < -0.4 is 5.32 Å². The fourth-order valence-electron chi connectivity index (χ4n) is 1.80. The Morgan fingerprint density at radius 2 is 2.00 bits per heavy atom. The average molecular weight is 265 g/mol. The first-order valence-electron chi connectivity index (χ1n) is 6.46. The van der Waals surface area contributed by atoms with Crippen molar-refractivity contribution in [1.82, 2.24) is 5.32 Å². The Bertz CT molecular complexity index is 390. The van der Waals surface area contributed by atoms with Crippen molar-refractivity contribution < 1.29 is 14.6 Å². The first kappa shape index (κ1) is 15.7. The number of hydrogen-bond acceptors (Lipinski definition) is 3. The smallest absolute Gasteiger partial charge is 0.223 e. The van der Waals surface area contributed by atoms with E-state index in [0.29, 0.717) is 6.42 Å². The third-order valence-corrected chi connectivity index (χ3v) is 3.05. The molecule has 0 aromatic heterocycles. The zero-order valence-electron chi connectivity index (χ0n) is 11.8. The predicted octanol–water partition coefficient (Wildman–Crippen LogP) is 1.52. The van der Waals surface area contributed by atoms with Gasteiger partial charge in [0.1, 0.15) is 0 Å². The van der Waals surface area contributed by atoms with Crippen molar-refractivity contribution in [1.29, 1.82) is 0 Å². The van der Waals surface area contributed by atoms with Crippen LogP contribution in [-0.2, 0) is 16.0 Å². The summed E-state index contributed by atoms with van der Waals surface area (Å²) < 4.78 is 5.22. The summed E-state index contributed by atoms with van der Waals surface area (Å²) in [6.07, 6.45) is 0.894.